The summed E-state index contributed by atoms with van der Waals surface area (Å²) >= 11 is 0. The second-order valence-corrected chi connectivity index (χ2v) is 7.46. The van der Waals surface area contributed by atoms with Gasteiger partial charge in [0.2, 0.25) is 5.91 Å². The van der Waals surface area contributed by atoms with Crippen LogP contribution in [0.25, 0.3) is 5.69 Å². The maximum atomic E-state index is 14.2. The highest BCUT2D eigenvalue weighted by atomic mass is 19.4. The number of carbonyl (C=O) groups excluding carboxylic acids is 1. The number of nitrogens with one attached hydrogen (secondary N) is 2. The fourth-order valence-corrected chi connectivity index (χ4v) is 3.93. The molecule has 8 nitrogen and oxygen atoms in total. The third-order valence-electron chi connectivity index (χ3n) is 5.39. The van der Waals surface area contributed by atoms with Crippen molar-refractivity contribution in [3.63, 3.8) is 0 Å². The van der Waals surface area contributed by atoms with Gasteiger partial charge in [-0.15, -0.1) is 0 Å². The third-order valence-corrected chi connectivity index (χ3v) is 5.39. The molecular formula is C19H15F6N5O3. The van der Waals surface area contributed by atoms with Crippen molar-refractivity contribution in [3.8, 4) is 5.69 Å². The topological polar surface area (TPSA) is 99.6 Å². The van der Waals surface area contributed by atoms with Gasteiger partial charge in [-0.3, -0.25) is 14.6 Å². The normalized spacial score (nSPS) is 18.1. The maximum Gasteiger partial charge on any atom is 0.427 e. The summed E-state index contributed by atoms with van der Waals surface area (Å²) in [6, 6.07) is 6.85. The van der Waals surface area contributed by atoms with Gasteiger partial charge in [-0.2, -0.15) is 26.3 Å². The molecule has 2 aromatic rings. The van der Waals surface area contributed by atoms with Crippen LogP contribution in [0.2, 0.25) is 0 Å². The molecule has 4 rings (SSSR count). The number of likely N-dealkylation sites (tertiary alicyclic amines) is 1. The van der Waals surface area contributed by atoms with E-state index in [1.165, 1.54) is 35.3 Å². The van der Waals surface area contributed by atoms with Crippen molar-refractivity contribution in [2.75, 3.05) is 18.4 Å². The van der Waals surface area contributed by atoms with Crippen LogP contribution in [-0.4, -0.2) is 51.6 Å². The minimum Gasteiger partial charge on any atom is -0.335 e. The largest absolute Gasteiger partial charge is 0.427 e. The molecule has 2 N–H and O–H groups in total. The first-order valence-electron chi connectivity index (χ1n) is 9.59. The van der Waals surface area contributed by atoms with Crippen LogP contribution in [0.5, 0.6) is 0 Å². The van der Waals surface area contributed by atoms with Gasteiger partial charge < -0.3 is 10.2 Å². The maximum absolute atomic E-state index is 14.2. The first-order valence-corrected chi connectivity index (χ1v) is 9.59. The summed E-state index contributed by atoms with van der Waals surface area (Å²) in [6.07, 6.45) is -11.7. The standard InChI is InChI=1S/C19H15F6N5O3/c20-18(21,22)17(19(23,24)25)13-14(26-11(28-17)9-29-8-4-7-12(29)31)30(16(33)27-15(13)32)10-5-2-1-3-6-10/h1-3,5-6H,4,7-9H2,(H,26,28)(H,27,32,33). The van der Waals surface area contributed by atoms with E-state index in [-0.39, 0.29) is 18.7 Å². The van der Waals surface area contributed by atoms with E-state index >= 15 is 0 Å². The number of aromatic nitrogens is 2. The van der Waals surface area contributed by atoms with E-state index in [0.29, 0.717) is 11.0 Å². The van der Waals surface area contributed by atoms with Gasteiger partial charge in [0.05, 0.1) is 12.2 Å². The van der Waals surface area contributed by atoms with Crippen LogP contribution in [0.1, 0.15) is 18.4 Å². The molecule has 1 amide bonds. The number of anilines is 1. The summed E-state index contributed by atoms with van der Waals surface area (Å²) in [4.78, 5) is 42.4. The Morgan fingerprint density at radius 1 is 1.00 bits per heavy atom. The lowest BCUT2D eigenvalue weighted by Crippen LogP contribution is -2.60. The number of nitrogens with zero attached hydrogens (tertiary/aromatic N) is 3. The molecule has 0 unspecified atom stereocenters. The van der Waals surface area contributed by atoms with Gasteiger partial charge in [-0.05, 0) is 18.6 Å². The zero-order valence-electron chi connectivity index (χ0n) is 16.5. The summed E-state index contributed by atoms with van der Waals surface area (Å²) in [7, 11) is 0. The SMILES string of the molecule is O=C1CCCN1CC1=NC(C(F)(F)F)(C(F)(F)F)c2c(n(-c3ccccc3)c(=O)[nH]c2=O)N1. The minimum atomic E-state index is -6.10. The van der Waals surface area contributed by atoms with Crippen LogP contribution in [0.15, 0.2) is 44.9 Å². The Kier molecular flexibility index (Phi) is 5.13. The average Bonchev–Trinajstić information content (AvgIpc) is 3.10. The Morgan fingerprint density at radius 3 is 2.18 bits per heavy atom. The molecule has 3 heterocycles. The number of rotatable bonds is 3. The van der Waals surface area contributed by atoms with E-state index in [1.54, 1.807) is 0 Å². The third kappa shape index (κ3) is 3.49. The summed E-state index contributed by atoms with van der Waals surface area (Å²) in [6.45, 7) is -0.583. The molecule has 1 fully saturated rings. The predicted molar refractivity (Wildman–Crippen MR) is 103 cm³/mol. The number of para-hydroxylation sites is 1. The van der Waals surface area contributed by atoms with Crippen LogP contribution in [-0.2, 0) is 10.3 Å². The highest BCUT2D eigenvalue weighted by Crippen LogP contribution is 2.55. The van der Waals surface area contributed by atoms with Gasteiger partial charge in [0, 0.05) is 13.0 Å². The molecule has 1 saturated heterocycles. The van der Waals surface area contributed by atoms with Crippen LogP contribution in [0.3, 0.4) is 0 Å². The van der Waals surface area contributed by atoms with E-state index in [9.17, 15) is 40.7 Å². The van der Waals surface area contributed by atoms with Crippen molar-refractivity contribution in [1.29, 1.82) is 0 Å². The second kappa shape index (κ2) is 7.49. The molecule has 0 saturated carbocycles. The number of amides is 1. The highest BCUT2D eigenvalue weighted by molar-refractivity contribution is 6.01. The smallest absolute Gasteiger partial charge is 0.335 e. The van der Waals surface area contributed by atoms with Crippen molar-refractivity contribution >= 4 is 17.6 Å². The quantitative estimate of drug-likeness (QED) is 0.666. The lowest BCUT2D eigenvalue weighted by Gasteiger charge is -2.39. The summed E-state index contributed by atoms with van der Waals surface area (Å²) in [5.74, 6) is -2.36. The van der Waals surface area contributed by atoms with Crippen molar-refractivity contribution in [3.05, 3.63) is 56.7 Å². The molecule has 14 heteroatoms. The highest BCUT2D eigenvalue weighted by Gasteiger charge is 2.75. The van der Waals surface area contributed by atoms with Gasteiger partial charge in [0.1, 0.15) is 17.2 Å². The minimum absolute atomic E-state index is 0.0853. The molecule has 0 spiro atoms. The van der Waals surface area contributed by atoms with Crippen LogP contribution in [0.4, 0.5) is 32.2 Å². The Labute approximate surface area is 180 Å². The number of fused-ring (bicyclic) bond motifs is 1. The van der Waals surface area contributed by atoms with Gasteiger partial charge in [-0.25, -0.2) is 14.4 Å². The number of benzene rings is 1. The summed E-state index contributed by atoms with van der Waals surface area (Å²) < 4.78 is 85.5. The first kappa shape index (κ1) is 22.6. The fraction of sp³-hybridized carbons (Fsp3) is 0.368. The molecule has 0 aliphatic carbocycles. The van der Waals surface area contributed by atoms with E-state index in [0.717, 1.165) is 4.90 Å². The molecule has 0 bridgehead atoms. The Balaban J connectivity index is 2.06. The zero-order chi connectivity index (χ0) is 24.2. The Hall–Kier alpha value is -3.58. The van der Waals surface area contributed by atoms with Crippen LogP contribution < -0.4 is 16.6 Å². The van der Waals surface area contributed by atoms with E-state index in [2.05, 4.69) is 10.3 Å². The lowest BCUT2D eigenvalue weighted by atomic mass is 9.88. The Bertz CT molecular complexity index is 1230. The number of alkyl halides is 6. The molecule has 1 aromatic carbocycles. The van der Waals surface area contributed by atoms with Gasteiger partial charge in [0.25, 0.3) is 11.1 Å². The van der Waals surface area contributed by atoms with Crippen LogP contribution in [0, 0.1) is 0 Å². The average molecular weight is 475 g/mol. The second-order valence-electron chi connectivity index (χ2n) is 7.46. The van der Waals surface area contributed by atoms with E-state index in [4.69, 9.17) is 0 Å². The van der Waals surface area contributed by atoms with Gasteiger partial charge in [0.15, 0.2) is 0 Å². The zero-order valence-corrected chi connectivity index (χ0v) is 16.5. The molecule has 0 atom stereocenters. The number of hydrogen-bond donors (Lipinski definition) is 2. The van der Waals surface area contributed by atoms with Crippen molar-refractivity contribution in [2.24, 2.45) is 4.99 Å². The number of hydrogen-bond acceptors (Lipinski definition) is 5. The molecule has 33 heavy (non-hydrogen) atoms. The molecule has 2 aliphatic rings. The molecule has 176 valence electrons. The number of carbonyl (C=O) groups is 1. The summed E-state index contributed by atoms with van der Waals surface area (Å²) in [5.41, 5.74) is -10.0. The molecule has 0 radical (unpaired) electrons. The fourth-order valence-electron chi connectivity index (χ4n) is 3.93. The first-order chi connectivity index (χ1) is 15.4. The monoisotopic (exact) mass is 475 g/mol. The lowest BCUT2D eigenvalue weighted by molar-refractivity contribution is -0.301. The van der Waals surface area contributed by atoms with Crippen molar-refractivity contribution in [1.82, 2.24) is 14.5 Å². The number of aromatic amines is 1. The van der Waals surface area contributed by atoms with Gasteiger partial charge in [-0.1, -0.05) is 18.2 Å². The van der Waals surface area contributed by atoms with Gasteiger partial charge >= 0.3 is 18.0 Å². The van der Waals surface area contributed by atoms with E-state index in [1.807, 2.05) is 0 Å². The number of amidine groups is 1. The van der Waals surface area contributed by atoms with E-state index < -0.39 is 58.8 Å². The van der Waals surface area contributed by atoms with Crippen LogP contribution >= 0.6 is 0 Å². The Morgan fingerprint density at radius 2 is 1.64 bits per heavy atom. The molecule has 1 aromatic heterocycles. The predicted octanol–water partition coefficient (Wildman–Crippen LogP) is 2.29. The number of aliphatic imine (C=N–C) groups is 1. The van der Waals surface area contributed by atoms with Crippen molar-refractivity contribution in [2.45, 2.75) is 30.7 Å². The summed E-state index contributed by atoms with van der Waals surface area (Å²) in [5, 5.41) is 2.29. The number of H-pyrrole nitrogens is 1. The number of halogens is 6. The molecule has 2 aliphatic heterocycles. The van der Waals surface area contributed by atoms with Crippen molar-refractivity contribution < 1.29 is 31.1 Å². The molecular weight excluding hydrogens is 460 g/mol.